The Kier molecular flexibility index (Phi) is 7.74. The van der Waals surface area contributed by atoms with Gasteiger partial charge in [0, 0.05) is 59.7 Å². The Hall–Kier alpha value is -3.44. The number of benzene rings is 2. The molecule has 0 bridgehead atoms. The number of rotatable bonds is 7. The molecule has 2 fully saturated rings. The molecule has 9 nitrogen and oxygen atoms in total. The van der Waals surface area contributed by atoms with Gasteiger partial charge in [0.25, 0.3) is 0 Å². The second-order valence-electron chi connectivity index (χ2n) is 10.4. The summed E-state index contributed by atoms with van der Waals surface area (Å²) in [5.41, 5.74) is 9.56. The van der Waals surface area contributed by atoms with Crippen LogP contribution in [0, 0.1) is 13.8 Å². The first-order valence-electron chi connectivity index (χ1n) is 13.8. The number of sulfonamides is 1. The molecule has 11 heteroatoms. The molecule has 2 aromatic carbocycles. The lowest BCUT2D eigenvalue weighted by molar-refractivity contribution is 0.0730. The van der Waals surface area contributed by atoms with Crippen molar-refractivity contribution in [3.8, 4) is 5.69 Å². The van der Waals surface area contributed by atoms with Crippen LogP contribution in [0.3, 0.4) is 0 Å². The van der Waals surface area contributed by atoms with Gasteiger partial charge in [-0.3, -0.25) is 10.4 Å². The maximum absolute atomic E-state index is 13.6. The number of anilines is 2. The number of hydrazone groups is 1. The lowest BCUT2D eigenvalue weighted by Crippen LogP contribution is -2.40. The van der Waals surface area contributed by atoms with Gasteiger partial charge in [0.05, 0.1) is 46.9 Å². The molecule has 0 amide bonds. The van der Waals surface area contributed by atoms with Crippen molar-refractivity contribution in [2.24, 2.45) is 5.10 Å². The van der Waals surface area contributed by atoms with Gasteiger partial charge in [-0.1, -0.05) is 11.6 Å². The van der Waals surface area contributed by atoms with Gasteiger partial charge in [0.15, 0.2) is 0 Å². The third kappa shape index (κ3) is 5.44. The Labute approximate surface area is 245 Å². The van der Waals surface area contributed by atoms with Crippen molar-refractivity contribution in [1.29, 1.82) is 0 Å². The molecule has 0 aliphatic carbocycles. The third-order valence-corrected chi connectivity index (χ3v) is 9.94. The van der Waals surface area contributed by atoms with Crippen LogP contribution in [0.5, 0.6) is 0 Å². The molecule has 4 aromatic rings. The number of aromatic nitrogens is 2. The van der Waals surface area contributed by atoms with E-state index in [1.165, 1.54) is 4.31 Å². The molecule has 41 heavy (non-hydrogen) atoms. The normalized spacial score (nSPS) is 16.7. The first kappa shape index (κ1) is 27.7. The highest BCUT2D eigenvalue weighted by Gasteiger charge is 2.28. The Bertz CT molecular complexity index is 1720. The lowest BCUT2D eigenvalue weighted by atomic mass is 10.2. The van der Waals surface area contributed by atoms with Crippen LogP contribution < -0.4 is 10.3 Å². The predicted molar refractivity (Wildman–Crippen MR) is 164 cm³/mol. The van der Waals surface area contributed by atoms with Gasteiger partial charge in [-0.25, -0.2) is 8.42 Å². The van der Waals surface area contributed by atoms with Crippen molar-refractivity contribution in [2.45, 2.75) is 31.6 Å². The fourth-order valence-corrected chi connectivity index (χ4v) is 7.28. The number of halogens is 1. The zero-order chi connectivity index (χ0) is 28.6. The van der Waals surface area contributed by atoms with Crippen LogP contribution in [0.15, 0.2) is 64.7 Å². The minimum Gasteiger partial charge on any atom is -0.379 e. The highest BCUT2D eigenvalue weighted by atomic mass is 35.5. The molecule has 0 spiro atoms. The van der Waals surface area contributed by atoms with Crippen molar-refractivity contribution >= 4 is 50.1 Å². The van der Waals surface area contributed by atoms with Gasteiger partial charge < -0.3 is 14.2 Å². The van der Waals surface area contributed by atoms with Gasteiger partial charge in [0.1, 0.15) is 0 Å². The van der Waals surface area contributed by atoms with E-state index >= 15 is 0 Å². The largest absolute Gasteiger partial charge is 0.379 e. The van der Waals surface area contributed by atoms with Crippen LogP contribution in [0.25, 0.3) is 16.6 Å². The van der Waals surface area contributed by atoms with Crippen LogP contribution >= 0.6 is 11.6 Å². The van der Waals surface area contributed by atoms with E-state index in [0.717, 1.165) is 70.8 Å². The lowest BCUT2D eigenvalue weighted by Gasteiger charge is -2.28. The number of morpholine rings is 1. The standard InChI is InChI=1S/C30H33ClN6O3S/c1-21-17-23(20-33-34-27-9-10-32-28-18-24(31)5-7-26(27)28)22(2)37(21)30-19-25(6-8-29(30)35-11-3-4-12-35)41(38,39)36-13-15-40-16-14-36/h5-10,17-20H,3-4,11-16H2,1-2H3,(H,32,34)/b33-20+. The molecule has 2 aliphatic heterocycles. The van der Waals surface area contributed by atoms with E-state index in [4.69, 9.17) is 16.3 Å². The number of nitrogens with one attached hydrogen (secondary N) is 1. The summed E-state index contributed by atoms with van der Waals surface area (Å²) in [4.78, 5) is 7.03. The average molecular weight is 593 g/mol. The van der Waals surface area contributed by atoms with Gasteiger partial charge in [-0.2, -0.15) is 9.41 Å². The van der Waals surface area contributed by atoms with Gasteiger partial charge in [-0.15, -0.1) is 0 Å². The molecular formula is C30H33ClN6O3S. The van der Waals surface area contributed by atoms with E-state index in [-0.39, 0.29) is 0 Å². The minimum absolute atomic E-state index is 0.298. The molecule has 6 rings (SSSR count). The van der Waals surface area contributed by atoms with Crippen molar-refractivity contribution < 1.29 is 13.2 Å². The van der Waals surface area contributed by atoms with Gasteiger partial charge in [-0.05, 0) is 75.2 Å². The molecule has 0 unspecified atom stereocenters. The molecule has 1 N–H and O–H groups in total. The van der Waals surface area contributed by atoms with E-state index in [1.807, 2.05) is 50.2 Å². The molecule has 214 valence electrons. The zero-order valence-corrected chi connectivity index (χ0v) is 24.7. The first-order chi connectivity index (χ1) is 19.8. The monoisotopic (exact) mass is 592 g/mol. The molecule has 0 atom stereocenters. The predicted octanol–water partition coefficient (Wildman–Crippen LogP) is 5.36. The Morgan fingerprint density at radius 1 is 0.976 bits per heavy atom. The maximum atomic E-state index is 13.6. The summed E-state index contributed by atoms with van der Waals surface area (Å²) in [6, 6.07) is 15.1. The van der Waals surface area contributed by atoms with Gasteiger partial charge >= 0.3 is 0 Å². The van der Waals surface area contributed by atoms with Crippen LogP contribution in [0.1, 0.15) is 29.8 Å². The van der Waals surface area contributed by atoms with Crippen molar-refractivity contribution in [1.82, 2.24) is 13.9 Å². The Morgan fingerprint density at radius 3 is 2.54 bits per heavy atom. The topological polar surface area (TPSA) is 92.1 Å². The Balaban J connectivity index is 1.36. The molecule has 4 heterocycles. The highest BCUT2D eigenvalue weighted by Crippen LogP contribution is 2.34. The molecule has 0 radical (unpaired) electrons. The van der Waals surface area contributed by atoms with E-state index in [0.29, 0.717) is 36.2 Å². The molecule has 2 saturated heterocycles. The van der Waals surface area contributed by atoms with E-state index in [1.54, 1.807) is 18.5 Å². The molecule has 2 aliphatic rings. The van der Waals surface area contributed by atoms with Crippen LogP contribution in [0.4, 0.5) is 11.4 Å². The SMILES string of the molecule is Cc1cc(/C=N/Nc2ccnc3cc(Cl)ccc23)c(C)n1-c1cc(S(=O)(=O)N2CCOCC2)ccc1N1CCCC1. The van der Waals surface area contributed by atoms with Crippen molar-refractivity contribution in [2.75, 3.05) is 49.7 Å². The smallest absolute Gasteiger partial charge is 0.243 e. The van der Waals surface area contributed by atoms with E-state index in [2.05, 4.69) is 31.0 Å². The quantitative estimate of drug-likeness (QED) is 0.229. The zero-order valence-electron chi connectivity index (χ0n) is 23.2. The molecule has 0 saturated carbocycles. The van der Waals surface area contributed by atoms with Gasteiger partial charge in [0.2, 0.25) is 10.0 Å². The number of pyridine rings is 1. The van der Waals surface area contributed by atoms with Crippen LogP contribution in [-0.4, -0.2) is 67.9 Å². The number of aryl methyl sites for hydroxylation is 1. The second kappa shape index (κ2) is 11.4. The van der Waals surface area contributed by atoms with E-state index in [9.17, 15) is 8.42 Å². The van der Waals surface area contributed by atoms with Crippen LogP contribution in [-0.2, 0) is 14.8 Å². The third-order valence-electron chi connectivity index (χ3n) is 7.81. The highest BCUT2D eigenvalue weighted by molar-refractivity contribution is 7.89. The summed E-state index contributed by atoms with van der Waals surface area (Å²) in [7, 11) is -3.65. The summed E-state index contributed by atoms with van der Waals surface area (Å²) in [6.07, 6.45) is 5.76. The number of ether oxygens (including phenoxy) is 1. The van der Waals surface area contributed by atoms with Crippen molar-refractivity contribution in [3.63, 3.8) is 0 Å². The number of fused-ring (bicyclic) bond motifs is 1. The second-order valence-corrected chi connectivity index (χ2v) is 12.8. The number of hydrogen-bond donors (Lipinski definition) is 1. The first-order valence-corrected chi connectivity index (χ1v) is 15.6. The van der Waals surface area contributed by atoms with E-state index < -0.39 is 10.0 Å². The summed E-state index contributed by atoms with van der Waals surface area (Å²) in [6.45, 7) is 7.52. The molecular weight excluding hydrogens is 560 g/mol. The Morgan fingerprint density at radius 2 is 1.76 bits per heavy atom. The van der Waals surface area contributed by atoms with Crippen LogP contribution in [0.2, 0.25) is 5.02 Å². The fourth-order valence-electron chi connectivity index (χ4n) is 5.68. The van der Waals surface area contributed by atoms with Crippen molar-refractivity contribution in [3.05, 3.63) is 76.7 Å². The number of nitrogens with zero attached hydrogens (tertiary/aromatic N) is 5. The molecule has 2 aromatic heterocycles. The maximum Gasteiger partial charge on any atom is 0.243 e. The summed E-state index contributed by atoms with van der Waals surface area (Å²) in [5, 5.41) is 6.09. The average Bonchev–Trinajstić information content (AvgIpc) is 3.61. The number of hydrogen-bond acceptors (Lipinski definition) is 7. The fraction of sp³-hybridized carbons (Fsp3) is 0.333. The summed E-state index contributed by atoms with van der Waals surface area (Å²) in [5.74, 6) is 0. The summed E-state index contributed by atoms with van der Waals surface area (Å²) >= 11 is 6.13. The summed E-state index contributed by atoms with van der Waals surface area (Å²) < 4.78 is 36.2. The minimum atomic E-state index is -3.65.